The molecule has 6 heteroatoms. The first kappa shape index (κ1) is 12.8. The summed E-state index contributed by atoms with van der Waals surface area (Å²) in [7, 11) is 0. The van der Waals surface area contributed by atoms with Gasteiger partial charge in [0.05, 0.1) is 5.52 Å². The Bertz CT molecular complexity index is 828. The van der Waals surface area contributed by atoms with Gasteiger partial charge in [-0.15, -0.1) is 0 Å². The third-order valence-electron chi connectivity index (χ3n) is 2.90. The van der Waals surface area contributed by atoms with Gasteiger partial charge in [0.15, 0.2) is 0 Å². The molecule has 99 valence electrons. The number of aromatic nitrogens is 2. The minimum Gasteiger partial charge on any atom is -0.350 e. The lowest BCUT2D eigenvalue weighted by molar-refractivity contribution is 0.248. The van der Waals surface area contributed by atoms with Gasteiger partial charge in [-0.2, -0.15) is 9.78 Å². The molecule has 0 aliphatic rings. The lowest BCUT2D eigenvalue weighted by Gasteiger charge is -1.99. The van der Waals surface area contributed by atoms with E-state index < -0.39 is 6.03 Å². The molecule has 0 aliphatic carbocycles. The average molecular weight is 333 g/mol. The van der Waals surface area contributed by atoms with E-state index in [0.29, 0.717) is 26.6 Å². The number of hydrogen-bond acceptors (Lipinski definition) is 2. The van der Waals surface area contributed by atoms with Gasteiger partial charge in [-0.25, -0.2) is 9.18 Å². The maximum atomic E-state index is 13.4. The molecule has 20 heavy (non-hydrogen) atoms. The Kier molecular flexibility index (Phi) is 3.02. The van der Waals surface area contributed by atoms with Crippen molar-refractivity contribution in [3.63, 3.8) is 0 Å². The van der Waals surface area contributed by atoms with E-state index in [4.69, 9.17) is 5.73 Å². The molecule has 1 aromatic heterocycles. The van der Waals surface area contributed by atoms with Gasteiger partial charge in [-0.3, -0.25) is 0 Å². The lowest BCUT2D eigenvalue weighted by atomic mass is 10.1. The molecule has 0 saturated carbocycles. The van der Waals surface area contributed by atoms with Crippen molar-refractivity contribution in [1.82, 2.24) is 9.78 Å². The fourth-order valence-electron chi connectivity index (χ4n) is 2.07. The van der Waals surface area contributed by atoms with Crippen LogP contribution in [0.2, 0.25) is 0 Å². The minimum atomic E-state index is -0.698. The Morgan fingerprint density at radius 1 is 1.40 bits per heavy atom. The van der Waals surface area contributed by atoms with Gasteiger partial charge in [-0.1, -0.05) is 18.2 Å². The highest BCUT2D eigenvalue weighted by Crippen LogP contribution is 2.33. The Labute approximate surface area is 122 Å². The summed E-state index contributed by atoms with van der Waals surface area (Å²) in [6.07, 6.45) is 0. The quantitative estimate of drug-likeness (QED) is 0.742. The molecule has 1 heterocycles. The zero-order valence-corrected chi connectivity index (χ0v) is 11.7. The molecule has 0 saturated heterocycles. The van der Waals surface area contributed by atoms with Crippen molar-refractivity contribution in [2.45, 2.75) is 0 Å². The van der Waals surface area contributed by atoms with E-state index in [1.54, 1.807) is 24.3 Å². The molecule has 3 aromatic rings. The molecule has 3 rings (SSSR count). The average Bonchev–Trinajstić information content (AvgIpc) is 2.80. The van der Waals surface area contributed by atoms with E-state index >= 15 is 0 Å². The molecule has 0 atom stereocenters. The molecular formula is C14H8BrFN3O. The van der Waals surface area contributed by atoms with E-state index in [9.17, 15) is 9.18 Å². The molecule has 4 nitrogen and oxygen atoms in total. The van der Waals surface area contributed by atoms with Crippen LogP contribution in [-0.4, -0.2) is 15.8 Å². The predicted molar refractivity (Wildman–Crippen MR) is 76.6 cm³/mol. The summed E-state index contributed by atoms with van der Waals surface area (Å²) in [4.78, 5) is 11.5. The molecule has 0 unspecified atom stereocenters. The van der Waals surface area contributed by atoms with Crippen LogP contribution in [0.1, 0.15) is 0 Å². The fraction of sp³-hybridized carbons (Fsp3) is 0. The molecular weight excluding hydrogens is 325 g/mol. The van der Waals surface area contributed by atoms with Gasteiger partial charge in [0, 0.05) is 15.4 Å². The van der Waals surface area contributed by atoms with Crippen LogP contribution < -0.4 is 5.73 Å². The van der Waals surface area contributed by atoms with Crippen molar-refractivity contribution >= 4 is 32.9 Å². The van der Waals surface area contributed by atoms with Crippen LogP contribution in [0.5, 0.6) is 0 Å². The van der Waals surface area contributed by atoms with Gasteiger partial charge >= 0.3 is 6.03 Å². The molecule has 2 aromatic carbocycles. The number of amides is 1. The van der Waals surface area contributed by atoms with Crippen LogP contribution in [0.4, 0.5) is 9.18 Å². The first-order valence-electron chi connectivity index (χ1n) is 5.72. The highest BCUT2D eigenvalue weighted by Gasteiger charge is 2.17. The van der Waals surface area contributed by atoms with Crippen molar-refractivity contribution in [2.24, 2.45) is 5.73 Å². The molecule has 2 N–H and O–H groups in total. The number of halogens is 2. The van der Waals surface area contributed by atoms with Crippen LogP contribution in [0.3, 0.4) is 0 Å². The van der Waals surface area contributed by atoms with Gasteiger partial charge in [0.1, 0.15) is 11.5 Å². The van der Waals surface area contributed by atoms with E-state index in [2.05, 4.69) is 27.1 Å². The van der Waals surface area contributed by atoms with Crippen molar-refractivity contribution in [1.29, 1.82) is 0 Å². The Balaban J connectivity index is 2.39. The van der Waals surface area contributed by atoms with Gasteiger partial charge < -0.3 is 5.73 Å². The second-order valence-corrected chi connectivity index (χ2v) is 4.95. The van der Waals surface area contributed by atoms with E-state index in [1.165, 1.54) is 12.1 Å². The van der Waals surface area contributed by atoms with Gasteiger partial charge in [-0.05, 0) is 40.2 Å². The smallest absolute Gasteiger partial charge is 0.340 e. The Hall–Kier alpha value is -2.21. The normalized spacial score (nSPS) is 10.9. The highest BCUT2D eigenvalue weighted by molar-refractivity contribution is 9.10. The SMILES string of the molecule is NC(=O)n1nc(-c2cccc(F)c2)c2c(Br)[c]ccc21. The molecule has 0 fully saturated rings. The monoisotopic (exact) mass is 332 g/mol. The molecule has 1 radical (unpaired) electrons. The standard InChI is InChI=1S/C14H8BrFN3O/c15-10-5-2-6-11-12(10)13(18-19(11)14(17)20)8-3-1-4-9(16)7-8/h1-4,6-7H,(H2,17,20). The summed E-state index contributed by atoms with van der Waals surface area (Å²) in [6.45, 7) is 0. The zero-order valence-electron chi connectivity index (χ0n) is 10.1. The van der Waals surface area contributed by atoms with E-state index in [-0.39, 0.29) is 5.82 Å². The molecule has 1 amide bonds. The highest BCUT2D eigenvalue weighted by atomic mass is 79.9. The van der Waals surface area contributed by atoms with Crippen molar-refractivity contribution in [2.75, 3.05) is 0 Å². The topological polar surface area (TPSA) is 60.9 Å². The van der Waals surface area contributed by atoms with Crippen LogP contribution in [-0.2, 0) is 0 Å². The Morgan fingerprint density at radius 3 is 2.90 bits per heavy atom. The maximum Gasteiger partial charge on any atom is 0.340 e. The lowest BCUT2D eigenvalue weighted by Crippen LogP contribution is -2.20. The van der Waals surface area contributed by atoms with Crippen molar-refractivity contribution < 1.29 is 9.18 Å². The second-order valence-electron chi connectivity index (χ2n) is 4.16. The third-order valence-corrected chi connectivity index (χ3v) is 3.52. The van der Waals surface area contributed by atoms with E-state index in [0.717, 1.165) is 4.68 Å². The molecule has 0 spiro atoms. The van der Waals surface area contributed by atoms with Crippen molar-refractivity contribution in [3.05, 3.63) is 52.8 Å². The summed E-state index contributed by atoms with van der Waals surface area (Å²) in [5.41, 5.74) is 6.90. The van der Waals surface area contributed by atoms with E-state index in [1.807, 2.05) is 0 Å². The van der Waals surface area contributed by atoms with Gasteiger partial charge in [0.2, 0.25) is 0 Å². The summed E-state index contributed by atoms with van der Waals surface area (Å²) in [5.74, 6) is -0.375. The number of benzene rings is 2. The Morgan fingerprint density at radius 2 is 2.20 bits per heavy atom. The summed E-state index contributed by atoms with van der Waals surface area (Å²) >= 11 is 3.37. The largest absolute Gasteiger partial charge is 0.350 e. The van der Waals surface area contributed by atoms with Crippen LogP contribution in [0, 0.1) is 11.9 Å². The van der Waals surface area contributed by atoms with Crippen LogP contribution >= 0.6 is 15.9 Å². The number of nitrogens with two attached hydrogens (primary N) is 1. The van der Waals surface area contributed by atoms with Crippen LogP contribution in [0.15, 0.2) is 40.9 Å². The maximum absolute atomic E-state index is 13.4. The summed E-state index contributed by atoms with van der Waals surface area (Å²) in [5, 5.41) is 4.85. The number of hydrogen-bond donors (Lipinski definition) is 1. The number of carbonyl (C=O) groups excluding carboxylic acids is 1. The first-order valence-corrected chi connectivity index (χ1v) is 6.52. The minimum absolute atomic E-state index is 0.375. The van der Waals surface area contributed by atoms with Crippen LogP contribution in [0.25, 0.3) is 22.2 Å². The van der Waals surface area contributed by atoms with Gasteiger partial charge in [0.25, 0.3) is 0 Å². The predicted octanol–water partition coefficient (Wildman–Crippen LogP) is 3.33. The number of nitrogens with zero attached hydrogens (tertiary/aromatic N) is 2. The number of carbonyl (C=O) groups is 1. The second kappa shape index (κ2) is 4.72. The zero-order chi connectivity index (χ0) is 14.3. The third kappa shape index (κ3) is 1.98. The van der Waals surface area contributed by atoms with Crippen molar-refractivity contribution in [3.8, 4) is 11.3 Å². The molecule has 0 aliphatic heterocycles. The first-order chi connectivity index (χ1) is 9.58. The number of primary amides is 1. The summed E-state index contributed by atoms with van der Waals surface area (Å²) in [6, 6.07) is 11.6. The number of rotatable bonds is 1. The number of fused-ring (bicyclic) bond motifs is 1. The fourth-order valence-corrected chi connectivity index (χ4v) is 2.60. The molecule has 0 bridgehead atoms. The summed E-state index contributed by atoms with van der Waals surface area (Å²) < 4.78 is 15.1.